The number of rotatable bonds is 6. The van der Waals surface area contributed by atoms with E-state index in [4.69, 9.17) is 0 Å². The van der Waals surface area contributed by atoms with Crippen LogP contribution in [0.4, 0.5) is 11.4 Å². The molecular formula is C12H18ClN3O3. The molecule has 1 aromatic carbocycles. The van der Waals surface area contributed by atoms with E-state index in [1.807, 2.05) is 18.7 Å². The van der Waals surface area contributed by atoms with Crippen LogP contribution in [0.1, 0.15) is 13.8 Å². The molecule has 106 valence electrons. The molecular weight excluding hydrogens is 270 g/mol. The van der Waals surface area contributed by atoms with E-state index in [0.717, 1.165) is 13.1 Å². The Hall–Kier alpha value is -1.66. The zero-order valence-electron chi connectivity index (χ0n) is 11.0. The summed E-state index contributed by atoms with van der Waals surface area (Å²) in [6, 6.07) is 6.11. The fourth-order valence-corrected chi connectivity index (χ4v) is 1.58. The van der Waals surface area contributed by atoms with Gasteiger partial charge in [0.1, 0.15) is 5.69 Å². The van der Waals surface area contributed by atoms with Crippen LogP contribution in [-0.2, 0) is 4.79 Å². The normalized spacial score (nSPS) is 9.84. The lowest BCUT2D eigenvalue weighted by molar-refractivity contribution is -0.383. The number of para-hydroxylation sites is 2. The maximum absolute atomic E-state index is 11.7. The Morgan fingerprint density at radius 3 is 2.42 bits per heavy atom. The van der Waals surface area contributed by atoms with Gasteiger partial charge in [0, 0.05) is 6.07 Å². The van der Waals surface area contributed by atoms with Crippen LogP contribution in [0, 0.1) is 10.1 Å². The highest BCUT2D eigenvalue weighted by molar-refractivity contribution is 5.94. The summed E-state index contributed by atoms with van der Waals surface area (Å²) in [5, 5.41) is 13.4. The third-order valence-corrected chi connectivity index (χ3v) is 2.64. The molecule has 0 atom stereocenters. The molecule has 0 saturated carbocycles. The van der Waals surface area contributed by atoms with Gasteiger partial charge in [-0.15, -0.1) is 12.4 Å². The Morgan fingerprint density at radius 2 is 1.89 bits per heavy atom. The molecule has 0 saturated heterocycles. The van der Waals surface area contributed by atoms with Crippen LogP contribution in [0.25, 0.3) is 0 Å². The lowest BCUT2D eigenvalue weighted by atomic mass is 10.2. The summed E-state index contributed by atoms with van der Waals surface area (Å²) < 4.78 is 0. The van der Waals surface area contributed by atoms with Gasteiger partial charge in [0.2, 0.25) is 5.91 Å². The van der Waals surface area contributed by atoms with Crippen molar-refractivity contribution in [1.29, 1.82) is 0 Å². The maximum Gasteiger partial charge on any atom is 0.292 e. The van der Waals surface area contributed by atoms with Crippen LogP contribution in [0.2, 0.25) is 0 Å². The number of hydrogen-bond donors (Lipinski definition) is 1. The van der Waals surface area contributed by atoms with Gasteiger partial charge in [0.15, 0.2) is 0 Å². The van der Waals surface area contributed by atoms with Gasteiger partial charge in [-0.05, 0) is 19.2 Å². The third-order valence-electron chi connectivity index (χ3n) is 2.64. The van der Waals surface area contributed by atoms with Crippen LogP contribution in [0.5, 0.6) is 0 Å². The van der Waals surface area contributed by atoms with Crippen LogP contribution >= 0.6 is 12.4 Å². The maximum atomic E-state index is 11.7. The van der Waals surface area contributed by atoms with Gasteiger partial charge in [-0.3, -0.25) is 19.8 Å². The lowest BCUT2D eigenvalue weighted by Crippen LogP contribution is -2.33. The Bertz CT molecular complexity index is 436. The zero-order valence-corrected chi connectivity index (χ0v) is 11.8. The van der Waals surface area contributed by atoms with Crippen molar-refractivity contribution in [3.63, 3.8) is 0 Å². The molecule has 7 heteroatoms. The van der Waals surface area contributed by atoms with Crippen molar-refractivity contribution in [2.24, 2.45) is 0 Å². The molecule has 0 heterocycles. The predicted octanol–water partition coefficient (Wildman–Crippen LogP) is 2.30. The van der Waals surface area contributed by atoms with E-state index in [-0.39, 0.29) is 36.2 Å². The van der Waals surface area contributed by atoms with Gasteiger partial charge >= 0.3 is 0 Å². The molecule has 0 bridgehead atoms. The van der Waals surface area contributed by atoms with Crippen LogP contribution < -0.4 is 5.32 Å². The first-order valence-corrected chi connectivity index (χ1v) is 5.84. The van der Waals surface area contributed by atoms with Crippen molar-refractivity contribution >= 4 is 29.7 Å². The van der Waals surface area contributed by atoms with Gasteiger partial charge < -0.3 is 5.32 Å². The van der Waals surface area contributed by atoms with E-state index in [1.165, 1.54) is 12.1 Å². The highest BCUT2D eigenvalue weighted by Crippen LogP contribution is 2.22. The second-order valence-corrected chi connectivity index (χ2v) is 3.78. The number of nitro benzene ring substituents is 1. The van der Waals surface area contributed by atoms with Gasteiger partial charge in [-0.2, -0.15) is 0 Å². The monoisotopic (exact) mass is 287 g/mol. The molecule has 1 amide bonds. The number of carbonyl (C=O) groups excluding carboxylic acids is 1. The summed E-state index contributed by atoms with van der Waals surface area (Å²) in [6.07, 6.45) is 0. The van der Waals surface area contributed by atoms with E-state index in [1.54, 1.807) is 12.1 Å². The second kappa shape index (κ2) is 8.44. The molecule has 0 fully saturated rings. The molecule has 0 aromatic heterocycles. The third kappa shape index (κ3) is 5.23. The minimum absolute atomic E-state index is 0. The average molecular weight is 288 g/mol. The standard InChI is InChI=1S/C12H17N3O3.ClH/c1-3-14(4-2)9-12(16)13-10-7-5-6-8-11(10)15(17)18;/h5-8H,3-4,9H2,1-2H3,(H,13,16);1H. The van der Waals surface area contributed by atoms with Crippen LogP contribution in [0.3, 0.4) is 0 Å². The topological polar surface area (TPSA) is 75.5 Å². The SMILES string of the molecule is CCN(CC)CC(=O)Nc1ccccc1[N+](=O)[O-].Cl. The number of hydrogen-bond acceptors (Lipinski definition) is 4. The van der Waals surface area contributed by atoms with Crippen molar-refractivity contribution in [3.05, 3.63) is 34.4 Å². The van der Waals surface area contributed by atoms with Crippen molar-refractivity contribution in [2.45, 2.75) is 13.8 Å². The van der Waals surface area contributed by atoms with Crippen molar-refractivity contribution in [3.8, 4) is 0 Å². The van der Waals surface area contributed by atoms with E-state index in [9.17, 15) is 14.9 Å². The smallest absolute Gasteiger partial charge is 0.292 e. The molecule has 0 spiro atoms. The quantitative estimate of drug-likeness (QED) is 0.643. The minimum atomic E-state index is -0.507. The fraction of sp³-hybridized carbons (Fsp3) is 0.417. The minimum Gasteiger partial charge on any atom is -0.319 e. The average Bonchev–Trinajstić information content (AvgIpc) is 2.36. The summed E-state index contributed by atoms with van der Waals surface area (Å²) in [7, 11) is 0. The first-order valence-electron chi connectivity index (χ1n) is 5.84. The molecule has 0 radical (unpaired) electrons. The number of benzene rings is 1. The van der Waals surface area contributed by atoms with Gasteiger partial charge in [-0.25, -0.2) is 0 Å². The summed E-state index contributed by atoms with van der Waals surface area (Å²) in [5.41, 5.74) is 0.144. The highest BCUT2D eigenvalue weighted by Gasteiger charge is 2.15. The van der Waals surface area contributed by atoms with Crippen molar-refractivity contribution in [1.82, 2.24) is 4.90 Å². The highest BCUT2D eigenvalue weighted by atomic mass is 35.5. The summed E-state index contributed by atoms with van der Waals surface area (Å²) in [6.45, 7) is 5.68. The summed E-state index contributed by atoms with van der Waals surface area (Å²) in [4.78, 5) is 23.9. The largest absolute Gasteiger partial charge is 0.319 e. The molecule has 0 aliphatic rings. The molecule has 19 heavy (non-hydrogen) atoms. The number of carbonyl (C=O) groups is 1. The molecule has 1 rings (SSSR count). The fourth-order valence-electron chi connectivity index (χ4n) is 1.58. The van der Waals surface area contributed by atoms with Crippen LogP contribution in [0.15, 0.2) is 24.3 Å². The number of nitrogens with one attached hydrogen (secondary N) is 1. The number of amides is 1. The first kappa shape index (κ1) is 17.3. The number of anilines is 1. The molecule has 0 aliphatic heterocycles. The van der Waals surface area contributed by atoms with E-state index in [0.29, 0.717) is 0 Å². The molecule has 1 N–H and O–H groups in total. The Kier molecular flexibility index (Phi) is 7.71. The second-order valence-electron chi connectivity index (χ2n) is 3.78. The predicted molar refractivity (Wildman–Crippen MR) is 76.8 cm³/mol. The number of likely N-dealkylation sites (N-methyl/N-ethyl adjacent to an activating group) is 1. The molecule has 0 aliphatic carbocycles. The van der Waals surface area contributed by atoms with E-state index >= 15 is 0 Å². The van der Waals surface area contributed by atoms with Gasteiger partial charge in [0.05, 0.1) is 11.5 Å². The van der Waals surface area contributed by atoms with Gasteiger partial charge in [-0.1, -0.05) is 26.0 Å². The summed E-state index contributed by atoms with van der Waals surface area (Å²) >= 11 is 0. The Morgan fingerprint density at radius 1 is 1.32 bits per heavy atom. The Labute approximate surface area is 118 Å². The van der Waals surface area contributed by atoms with E-state index < -0.39 is 4.92 Å². The lowest BCUT2D eigenvalue weighted by Gasteiger charge is -2.17. The number of nitro groups is 1. The molecule has 0 unspecified atom stereocenters. The zero-order chi connectivity index (χ0) is 13.5. The van der Waals surface area contributed by atoms with Gasteiger partial charge in [0.25, 0.3) is 5.69 Å². The summed E-state index contributed by atoms with van der Waals surface area (Å²) in [5.74, 6) is -0.243. The van der Waals surface area contributed by atoms with Crippen LogP contribution in [-0.4, -0.2) is 35.4 Å². The van der Waals surface area contributed by atoms with Crippen molar-refractivity contribution < 1.29 is 9.72 Å². The Balaban J connectivity index is 0.00000324. The number of nitrogens with zero attached hydrogens (tertiary/aromatic N) is 2. The van der Waals surface area contributed by atoms with E-state index in [2.05, 4.69) is 5.32 Å². The molecule has 1 aromatic rings. The molecule has 6 nitrogen and oxygen atoms in total. The first-order chi connectivity index (χ1) is 8.58. The number of halogens is 1. The van der Waals surface area contributed by atoms with Crippen molar-refractivity contribution in [2.75, 3.05) is 25.0 Å².